The number of likely N-dealkylation sites (tertiary alicyclic amines) is 1. The zero-order chi connectivity index (χ0) is 14.5. The lowest BCUT2D eigenvalue weighted by atomic mass is 9.89. The lowest BCUT2D eigenvalue weighted by Gasteiger charge is -2.22. The molecule has 1 aromatic rings. The fraction of sp³-hybridized carbons (Fsp3) is 0.625. The number of hydrogen-bond donors (Lipinski definition) is 1. The maximum Gasteiger partial charge on any atom is 0.222 e. The van der Waals surface area contributed by atoms with Crippen LogP contribution in [0.15, 0.2) is 18.3 Å². The summed E-state index contributed by atoms with van der Waals surface area (Å²) in [5, 5.41) is 0. The average Bonchev–Trinajstić information content (AvgIpc) is 2.62. The third-order valence-corrected chi connectivity index (χ3v) is 4.26. The third kappa shape index (κ3) is 3.79. The molecule has 20 heavy (non-hydrogen) atoms. The molecule has 0 bridgehead atoms. The number of amides is 1. The van der Waals surface area contributed by atoms with Gasteiger partial charge in [0.25, 0.3) is 0 Å². The van der Waals surface area contributed by atoms with E-state index in [0.29, 0.717) is 31.3 Å². The SMILES string of the molecule is CC(C)C1CCC(=O)N(Cc2ccnc(CN)c2)CC1. The molecule has 1 aliphatic rings. The summed E-state index contributed by atoms with van der Waals surface area (Å²) in [7, 11) is 0. The Morgan fingerprint density at radius 1 is 1.45 bits per heavy atom. The van der Waals surface area contributed by atoms with E-state index in [1.54, 1.807) is 6.20 Å². The van der Waals surface area contributed by atoms with E-state index >= 15 is 0 Å². The lowest BCUT2D eigenvalue weighted by molar-refractivity contribution is -0.131. The number of rotatable bonds is 4. The second kappa shape index (κ2) is 6.84. The molecule has 4 nitrogen and oxygen atoms in total. The van der Waals surface area contributed by atoms with Crippen molar-refractivity contribution in [3.05, 3.63) is 29.6 Å². The highest BCUT2D eigenvalue weighted by molar-refractivity contribution is 5.76. The summed E-state index contributed by atoms with van der Waals surface area (Å²) in [4.78, 5) is 18.4. The molecule has 1 amide bonds. The maximum absolute atomic E-state index is 12.2. The van der Waals surface area contributed by atoms with Gasteiger partial charge in [0, 0.05) is 32.3 Å². The third-order valence-electron chi connectivity index (χ3n) is 4.26. The smallest absolute Gasteiger partial charge is 0.222 e. The van der Waals surface area contributed by atoms with Crippen molar-refractivity contribution < 1.29 is 4.79 Å². The van der Waals surface area contributed by atoms with Crippen molar-refractivity contribution in [1.29, 1.82) is 0 Å². The van der Waals surface area contributed by atoms with Crippen molar-refractivity contribution in [1.82, 2.24) is 9.88 Å². The van der Waals surface area contributed by atoms with Gasteiger partial charge in [0.15, 0.2) is 0 Å². The first-order chi connectivity index (χ1) is 9.60. The number of carbonyl (C=O) groups excluding carboxylic acids is 1. The van der Waals surface area contributed by atoms with Crippen molar-refractivity contribution >= 4 is 5.91 Å². The molecule has 0 aliphatic carbocycles. The lowest BCUT2D eigenvalue weighted by Crippen LogP contribution is -2.30. The minimum absolute atomic E-state index is 0.277. The van der Waals surface area contributed by atoms with Crippen molar-refractivity contribution in [2.75, 3.05) is 6.54 Å². The van der Waals surface area contributed by atoms with E-state index in [4.69, 9.17) is 5.73 Å². The Bertz CT molecular complexity index is 459. The van der Waals surface area contributed by atoms with E-state index in [9.17, 15) is 4.79 Å². The Hall–Kier alpha value is -1.42. The molecule has 2 rings (SSSR count). The molecule has 0 radical (unpaired) electrons. The van der Waals surface area contributed by atoms with Gasteiger partial charge in [0.1, 0.15) is 0 Å². The number of aromatic nitrogens is 1. The topological polar surface area (TPSA) is 59.2 Å². The first kappa shape index (κ1) is 15.0. The van der Waals surface area contributed by atoms with Crippen LogP contribution in [0.4, 0.5) is 0 Å². The second-order valence-electron chi connectivity index (χ2n) is 6.01. The average molecular weight is 275 g/mol. The summed E-state index contributed by atoms with van der Waals surface area (Å²) in [6.45, 7) is 6.49. The van der Waals surface area contributed by atoms with Gasteiger partial charge >= 0.3 is 0 Å². The largest absolute Gasteiger partial charge is 0.338 e. The number of pyridine rings is 1. The molecule has 110 valence electrons. The van der Waals surface area contributed by atoms with Crippen LogP contribution >= 0.6 is 0 Å². The van der Waals surface area contributed by atoms with Crippen LogP contribution in [0.2, 0.25) is 0 Å². The fourth-order valence-corrected chi connectivity index (χ4v) is 2.85. The minimum Gasteiger partial charge on any atom is -0.338 e. The standard InChI is InChI=1S/C16H25N3O/c1-12(2)14-3-4-16(20)19(8-6-14)11-13-5-7-18-15(9-13)10-17/h5,7,9,12,14H,3-4,6,8,10-11,17H2,1-2H3. The molecular weight excluding hydrogens is 250 g/mol. The van der Waals surface area contributed by atoms with Crippen LogP contribution in [0.5, 0.6) is 0 Å². The highest BCUT2D eigenvalue weighted by Crippen LogP contribution is 2.25. The summed E-state index contributed by atoms with van der Waals surface area (Å²) in [6, 6.07) is 3.97. The summed E-state index contributed by atoms with van der Waals surface area (Å²) in [5.41, 5.74) is 7.61. The van der Waals surface area contributed by atoms with Crippen LogP contribution in [0.1, 0.15) is 44.4 Å². The summed E-state index contributed by atoms with van der Waals surface area (Å²) in [5.74, 6) is 1.60. The van der Waals surface area contributed by atoms with Crippen LogP contribution in [0.25, 0.3) is 0 Å². The molecule has 0 spiro atoms. The Kier molecular flexibility index (Phi) is 5.12. The summed E-state index contributed by atoms with van der Waals surface area (Å²) < 4.78 is 0. The molecule has 1 fully saturated rings. The van der Waals surface area contributed by atoms with Gasteiger partial charge in [-0.05, 0) is 42.4 Å². The molecular formula is C16H25N3O. The molecule has 1 aromatic heterocycles. The first-order valence-corrected chi connectivity index (χ1v) is 7.51. The normalized spacial score (nSPS) is 20.3. The molecule has 4 heteroatoms. The Morgan fingerprint density at radius 3 is 2.95 bits per heavy atom. The Balaban J connectivity index is 2.02. The number of hydrogen-bond acceptors (Lipinski definition) is 3. The van der Waals surface area contributed by atoms with Crippen LogP contribution in [-0.2, 0) is 17.9 Å². The molecule has 1 atom stereocenters. The molecule has 1 aliphatic heterocycles. The van der Waals surface area contributed by atoms with Crippen LogP contribution < -0.4 is 5.73 Å². The van der Waals surface area contributed by atoms with E-state index in [0.717, 1.165) is 30.6 Å². The van der Waals surface area contributed by atoms with Crippen molar-refractivity contribution in [2.24, 2.45) is 17.6 Å². The predicted octanol–water partition coefficient (Wildman–Crippen LogP) is 2.33. The van der Waals surface area contributed by atoms with E-state index in [1.807, 2.05) is 17.0 Å². The molecule has 1 unspecified atom stereocenters. The van der Waals surface area contributed by atoms with Gasteiger partial charge in [-0.15, -0.1) is 0 Å². The molecule has 0 saturated carbocycles. The van der Waals surface area contributed by atoms with E-state index in [1.165, 1.54) is 0 Å². The van der Waals surface area contributed by atoms with Crippen LogP contribution in [0, 0.1) is 11.8 Å². The highest BCUT2D eigenvalue weighted by Gasteiger charge is 2.24. The van der Waals surface area contributed by atoms with Gasteiger partial charge in [-0.2, -0.15) is 0 Å². The van der Waals surface area contributed by atoms with Crippen LogP contribution in [-0.4, -0.2) is 22.3 Å². The van der Waals surface area contributed by atoms with Gasteiger partial charge in [-0.1, -0.05) is 13.8 Å². The first-order valence-electron chi connectivity index (χ1n) is 7.51. The van der Waals surface area contributed by atoms with Gasteiger partial charge in [0.2, 0.25) is 5.91 Å². The number of nitrogens with two attached hydrogens (primary N) is 1. The van der Waals surface area contributed by atoms with Gasteiger partial charge in [-0.3, -0.25) is 9.78 Å². The Morgan fingerprint density at radius 2 is 2.25 bits per heavy atom. The second-order valence-corrected chi connectivity index (χ2v) is 6.01. The van der Waals surface area contributed by atoms with E-state index in [2.05, 4.69) is 18.8 Å². The van der Waals surface area contributed by atoms with Gasteiger partial charge in [0.05, 0.1) is 5.69 Å². The van der Waals surface area contributed by atoms with Crippen LogP contribution in [0.3, 0.4) is 0 Å². The predicted molar refractivity (Wildman–Crippen MR) is 79.7 cm³/mol. The fourth-order valence-electron chi connectivity index (χ4n) is 2.85. The van der Waals surface area contributed by atoms with E-state index < -0.39 is 0 Å². The van der Waals surface area contributed by atoms with Crippen molar-refractivity contribution in [2.45, 2.75) is 46.2 Å². The van der Waals surface area contributed by atoms with Crippen molar-refractivity contribution in [3.8, 4) is 0 Å². The van der Waals surface area contributed by atoms with Gasteiger partial charge in [-0.25, -0.2) is 0 Å². The minimum atomic E-state index is 0.277. The number of nitrogens with zero attached hydrogens (tertiary/aromatic N) is 2. The zero-order valence-corrected chi connectivity index (χ0v) is 12.5. The monoisotopic (exact) mass is 275 g/mol. The quantitative estimate of drug-likeness (QED) is 0.917. The Labute approximate surface area is 121 Å². The number of carbonyl (C=O) groups is 1. The molecule has 0 aromatic carbocycles. The highest BCUT2D eigenvalue weighted by atomic mass is 16.2. The van der Waals surface area contributed by atoms with Gasteiger partial charge < -0.3 is 10.6 Å². The summed E-state index contributed by atoms with van der Waals surface area (Å²) in [6.07, 6.45) is 4.59. The summed E-state index contributed by atoms with van der Waals surface area (Å²) >= 11 is 0. The zero-order valence-electron chi connectivity index (χ0n) is 12.5. The van der Waals surface area contributed by atoms with E-state index in [-0.39, 0.29) is 5.91 Å². The maximum atomic E-state index is 12.2. The van der Waals surface area contributed by atoms with Crippen molar-refractivity contribution in [3.63, 3.8) is 0 Å². The molecule has 2 heterocycles. The molecule has 2 N–H and O–H groups in total. The molecule has 1 saturated heterocycles.